The van der Waals surface area contributed by atoms with Crippen LogP contribution in [0.2, 0.25) is 0 Å². The Bertz CT molecular complexity index is 1340. The lowest BCUT2D eigenvalue weighted by Crippen LogP contribution is -2.01. The fourth-order valence-electron chi connectivity index (χ4n) is 3.54. The van der Waals surface area contributed by atoms with Crippen LogP contribution in [0.3, 0.4) is 0 Å². The zero-order chi connectivity index (χ0) is 23.4. The van der Waals surface area contributed by atoms with E-state index < -0.39 is 4.92 Å². The number of ether oxygens (including phenoxy) is 2. The first-order chi connectivity index (χ1) is 16.0. The van der Waals surface area contributed by atoms with Crippen molar-refractivity contribution in [3.05, 3.63) is 91.8 Å². The number of hydrogen-bond acceptors (Lipinski definition) is 6. The van der Waals surface area contributed by atoms with Crippen molar-refractivity contribution < 1.29 is 18.9 Å². The van der Waals surface area contributed by atoms with Crippen molar-refractivity contribution in [1.82, 2.24) is 5.16 Å². The number of halogens is 1. The summed E-state index contributed by atoms with van der Waals surface area (Å²) in [5.41, 5.74) is 1.91. The van der Waals surface area contributed by atoms with Crippen molar-refractivity contribution >= 4 is 44.5 Å². The van der Waals surface area contributed by atoms with Crippen LogP contribution >= 0.6 is 15.9 Å². The maximum absolute atomic E-state index is 11.3. The Labute approximate surface area is 198 Å². The Morgan fingerprint density at radius 2 is 1.91 bits per heavy atom. The summed E-state index contributed by atoms with van der Waals surface area (Å²) < 4.78 is 17.8. The van der Waals surface area contributed by atoms with Gasteiger partial charge >= 0.3 is 5.69 Å². The van der Waals surface area contributed by atoms with Gasteiger partial charge in [-0.1, -0.05) is 53.7 Å². The standard InChI is InChI=1S/C25H21BrN2O5/c1-3-31-23-14-17(11-12-22-24(28(29)30)16(2)27-33-22)13-21(26)25(23)32-15-19-9-6-8-18-7-4-5-10-20(18)19/h4-14H,3,15H2,1-2H3/b12-11-. The molecular weight excluding hydrogens is 488 g/mol. The summed E-state index contributed by atoms with van der Waals surface area (Å²) in [6.45, 7) is 4.26. The molecule has 3 aromatic carbocycles. The topological polar surface area (TPSA) is 87.6 Å². The molecule has 0 spiro atoms. The Morgan fingerprint density at radius 1 is 1.12 bits per heavy atom. The highest BCUT2D eigenvalue weighted by Gasteiger charge is 2.22. The van der Waals surface area contributed by atoms with Gasteiger partial charge in [0.05, 0.1) is 16.0 Å². The molecule has 4 rings (SSSR count). The van der Waals surface area contributed by atoms with Gasteiger partial charge in [-0.25, -0.2) is 0 Å². The molecule has 0 N–H and O–H groups in total. The first-order valence-corrected chi connectivity index (χ1v) is 11.1. The van der Waals surface area contributed by atoms with E-state index in [1.165, 1.54) is 13.0 Å². The second kappa shape index (κ2) is 9.87. The summed E-state index contributed by atoms with van der Waals surface area (Å²) in [4.78, 5) is 10.7. The van der Waals surface area contributed by atoms with Gasteiger partial charge in [-0.3, -0.25) is 10.1 Å². The molecule has 0 fully saturated rings. The molecule has 8 heteroatoms. The van der Waals surface area contributed by atoms with Gasteiger partial charge in [0.25, 0.3) is 0 Å². The van der Waals surface area contributed by atoms with Gasteiger partial charge in [0.15, 0.2) is 17.2 Å². The van der Waals surface area contributed by atoms with Crippen LogP contribution in [-0.2, 0) is 6.61 Å². The molecule has 0 aliphatic heterocycles. The van der Waals surface area contributed by atoms with Crippen LogP contribution in [0.5, 0.6) is 11.5 Å². The first-order valence-electron chi connectivity index (χ1n) is 10.3. The van der Waals surface area contributed by atoms with E-state index >= 15 is 0 Å². The molecule has 168 valence electrons. The van der Waals surface area contributed by atoms with Gasteiger partial charge < -0.3 is 14.0 Å². The Kier molecular flexibility index (Phi) is 6.74. The highest BCUT2D eigenvalue weighted by atomic mass is 79.9. The van der Waals surface area contributed by atoms with E-state index in [4.69, 9.17) is 14.0 Å². The average molecular weight is 509 g/mol. The second-order valence-corrected chi connectivity index (χ2v) is 8.12. The zero-order valence-corrected chi connectivity index (χ0v) is 19.7. The smallest absolute Gasteiger partial charge is 0.338 e. The van der Waals surface area contributed by atoms with Crippen LogP contribution in [0.15, 0.2) is 63.6 Å². The minimum absolute atomic E-state index is 0.0860. The van der Waals surface area contributed by atoms with Crippen molar-refractivity contribution in [1.29, 1.82) is 0 Å². The second-order valence-electron chi connectivity index (χ2n) is 7.26. The lowest BCUT2D eigenvalue weighted by atomic mass is 10.1. The van der Waals surface area contributed by atoms with Crippen molar-refractivity contribution in [3.63, 3.8) is 0 Å². The van der Waals surface area contributed by atoms with E-state index in [9.17, 15) is 10.1 Å². The minimum Gasteiger partial charge on any atom is -0.490 e. The van der Waals surface area contributed by atoms with Gasteiger partial charge in [0.2, 0.25) is 5.76 Å². The fourth-order valence-corrected chi connectivity index (χ4v) is 4.12. The maximum Gasteiger partial charge on any atom is 0.338 e. The summed E-state index contributed by atoms with van der Waals surface area (Å²) in [6.07, 6.45) is 3.22. The number of rotatable bonds is 8. The summed E-state index contributed by atoms with van der Waals surface area (Å²) in [5.74, 6) is 1.24. The molecule has 0 saturated carbocycles. The quantitative estimate of drug-likeness (QED) is 0.189. The molecule has 0 atom stereocenters. The normalized spacial score (nSPS) is 11.2. The predicted molar refractivity (Wildman–Crippen MR) is 130 cm³/mol. The highest BCUT2D eigenvalue weighted by Crippen LogP contribution is 2.38. The third-order valence-electron chi connectivity index (χ3n) is 5.05. The third kappa shape index (κ3) is 4.90. The Morgan fingerprint density at radius 3 is 2.70 bits per heavy atom. The highest BCUT2D eigenvalue weighted by molar-refractivity contribution is 9.10. The van der Waals surface area contributed by atoms with Crippen molar-refractivity contribution in [2.75, 3.05) is 6.61 Å². The van der Waals surface area contributed by atoms with E-state index in [2.05, 4.69) is 39.3 Å². The number of hydrogen-bond donors (Lipinski definition) is 0. The molecule has 0 aliphatic carbocycles. The summed E-state index contributed by atoms with van der Waals surface area (Å²) in [5, 5.41) is 17.2. The van der Waals surface area contributed by atoms with Crippen molar-refractivity contribution in [2.24, 2.45) is 0 Å². The fraction of sp³-hybridized carbons (Fsp3) is 0.160. The molecule has 4 aromatic rings. The largest absolute Gasteiger partial charge is 0.490 e. The lowest BCUT2D eigenvalue weighted by molar-refractivity contribution is -0.386. The molecule has 1 heterocycles. The molecule has 7 nitrogen and oxygen atoms in total. The van der Waals surface area contributed by atoms with E-state index in [0.29, 0.717) is 29.2 Å². The van der Waals surface area contributed by atoms with Gasteiger partial charge in [-0.2, -0.15) is 0 Å². The number of aryl methyl sites for hydroxylation is 1. The van der Waals surface area contributed by atoms with Gasteiger partial charge in [0.1, 0.15) is 6.61 Å². The van der Waals surface area contributed by atoms with E-state index in [1.807, 2.05) is 43.3 Å². The van der Waals surface area contributed by atoms with Crippen LogP contribution in [0, 0.1) is 17.0 Å². The van der Waals surface area contributed by atoms with Gasteiger partial charge in [-0.15, -0.1) is 0 Å². The minimum atomic E-state index is -0.503. The Balaban J connectivity index is 1.61. The predicted octanol–water partition coefficient (Wildman–Crippen LogP) is 6.96. The monoisotopic (exact) mass is 508 g/mol. The van der Waals surface area contributed by atoms with Crippen LogP contribution in [0.25, 0.3) is 22.9 Å². The molecule has 0 aliphatic rings. The van der Waals surface area contributed by atoms with E-state index in [0.717, 1.165) is 21.9 Å². The number of aromatic nitrogens is 1. The number of nitrogens with zero attached hydrogens (tertiary/aromatic N) is 2. The molecule has 0 bridgehead atoms. The molecule has 1 aromatic heterocycles. The van der Waals surface area contributed by atoms with Crippen molar-refractivity contribution in [3.8, 4) is 11.5 Å². The number of fused-ring (bicyclic) bond motifs is 1. The average Bonchev–Trinajstić information content (AvgIpc) is 3.18. The number of benzene rings is 3. The molecule has 0 radical (unpaired) electrons. The lowest BCUT2D eigenvalue weighted by Gasteiger charge is -2.15. The Hall–Kier alpha value is -3.65. The first kappa shape index (κ1) is 22.5. The summed E-state index contributed by atoms with van der Waals surface area (Å²) in [7, 11) is 0. The summed E-state index contributed by atoms with van der Waals surface area (Å²) >= 11 is 3.58. The van der Waals surface area contributed by atoms with E-state index in [-0.39, 0.29) is 17.1 Å². The van der Waals surface area contributed by atoms with Crippen molar-refractivity contribution in [2.45, 2.75) is 20.5 Å². The maximum atomic E-state index is 11.3. The molecular formula is C25H21BrN2O5. The molecule has 0 saturated heterocycles. The van der Waals surface area contributed by atoms with Crippen LogP contribution in [0.1, 0.15) is 29.5 Å². The van der Waals surface area contributed by atoms with Gasteiger partial charge in [0, 0.05) is 0 Å². The molecule has 0 amide bonds. The van der Waals surface area contributed by atoms with Crippen LogP contribution < -0.4 is 9.47 Å². The van der Waals surface area contributed by atoms with Gasteiger partial charge in [-0.05, 0) is 69.9 Å². The zero-order valence-electron chi connectivity index (χ0n) is 18.1. The van der Waals surface area contributed by atoms with Crippen LogP contribution in [0.4, 0.5) is 5.69 Å². The summed E-state index contributed by atoms with van der Waals surface area (Å²) in [6, 6.07) is 18.0. The molecule has 33 heavy (non-hydrogen) atoms. The van der Waals surface area contributed by atoms with Crippen LogP contribution in [-0.4, -0.2) is 16.7 Å². The third-order valence-corrected chi connectivity index (χ3v) is 5.64. The number of nitro groups is 1. The SMILES string of the molecule is CCOc1cc(/C=C\c2onc(C)c2[N+](=O)[O-])cc(Br)c1OCc1cccc2ccccc12. The molecule has 0 unspecified atom stereocenters. The van der Waals surface area contributed by atoms with E-state index in [1.54, 1.807) is 6.08 Å².